The van der Waals surface area contributed by atoms with Crippen molar-refractivity contribution in [3.63, 3.8) is 0 Å². The van der Waals surface area contributed by atoms with E-state index in [1.165, 1.54) is 18.9 Å². The second-order valence-corrected chi connectivity index (χ2v) is 9.54. The van der Waals surface area contributed by atoms with Gasteiger partial charge in [-0.1, -0.05) is 18.9 Å². The zero-order valence-electron chi connectivity index (χ0n) is 16.4. The highest BCUT2D eigenvalue weighted by Crippen LogP contribution is 2.21. The third-order valence-corrected chi connectivity index (χ3v) is 7.43. The summed E-state index contributed by atoms with van der Waals surface area (Å²) >= 11 is 0. The summed E-state index contributed by atoms with van der Waals surface area (Å²) in [6.45, 7) is 3.84. The van der Waals surface area contributed by atoms with Crippen molar-refractivity contribution in [2.75, 3.05) is 32.7 Å². The lowest BCUT2D eigenvalue weighted by molar-refractivity contribution is 0.0950. The van der Waals surface area contributed by atoms with Crippen LogP contribution in [0, 0.1) is 5.92 Å². The van der Waals surface area contributed by atoms with E-state index in [1.54, 1.807) is 22.5 Å². The van der Waals surface area contributed by atoms with Gasteiger partial charge in [0.05, 0.1) is 4.90 Å². The smallest absolute Gasteiger partial charge is 0.251 e. The number of nitrogens with one attached hydrogen (secondary N) is 2. The highest BCUT2D eigenvalue weighted by atomic mass is 35.5. The molecule has 0 aromatic heterocycles. The van der Waals surface area contributed by atoms with E-state index < -0.39 is 10.0 Å². The van der Waals surface area contributed by atoms with Crippen LogP contribution in [0.5, 0.6) is 0 Å². The molecule has 6 nitrogen and oxygen atoms in total. The minimum Gasteiger partial charge on any atom is -0.352 e. The molecule has 1 amide bonds. The Hall–Kier alpha value is -1.15. The minimum absolute atomic E-state index is 0. The summed E-state index contributed by atoms with van der Waals surface area (Å²) in [4.78, 5) is 12.7. The largest absolute Gasteiger partial charge is 0.352 e. The third kappa shape index (κ3) is 6.17. The van der Waals surface area contributed by atoms with E-state index in [1.807, 2.05) is 0 Å². The Kier molecular flexibility index (Phi) is 9.21. The molecule has 158 valence electrons. The van der Waals surface area contributed by atoms with Crippen LogP contribution in [-0.4, -0.2) is 51.4 Å². The van der Waals surface area contributed by atoms with Gasteiger partial charge in [0.2, 0.25) is 10.0 Å². The molecule has 2 aliphatic rings. The average Bonchev–Trinajstić information content (AvgIpc) is 2.99. The molecule has 28 heavy (non-hydrogen) atoms. The van der Waals surface area contributed by atoms with Crippen LogP contribution >= 0.6 is 12.4 Å². The van der Waals surface area contributed by atoms with Gasteiger partial charge in [0.1, 0.15) is 0 Å². The average molecular weight is 430 g/mol. The summed E-state index contributed by atoms with van der Waals surface area (Å²) in [7, 11) is -3.53. The first-order chi connectivity index (χ1) is 13.1. The fourth-order valence-electron chi connectivity index (χ4n) is 3.89. The SMILES string of the molecule is Cl.O=C(NCCC1CCCNC1)c1cccc(S(=O)(=O)N2CCCCCC2)c1. The first kappa shape index (κ1) is 23.1. The van der Waals surface area contributed by atoms with Crippen molar-refractivity contribution in [2.45, 2.75) is 49.8 Å². The molecule has 0 aliphatic carbocycles. The van der Waals surface area contributed by atoms with Crippen molar-refractivity contribution in [3.05, 3.63) is 29.8 Å². The Morgan fingerprint density at radius 2 is 1.89 bits per heavy atom. The normalized spacial score (nSPS) is 21.4. The van der Waals surface area contributed by atoms with Crippen molar-refractivity contribution < 1.29 is 13.2 Å². The molecule has 3 rings (SSSR count). The maximum Gasteiger partial charge on any atom is 0.251 e. The molecule has 1 aromatic rings. The van der Waals surface area contributed by atoms with Crippen LogP contribution in [0.2, 0.25) is 0 Å². The van der Waals surface area contributed by atoms with Gasteiger partial charge in [0.25, 0.3) is 5.91 Å². The molecule has 2 heterocycles. The lowest BCUT2D eigenvalue weighted by Gasteiger charge is -2.22. The van der Waals surface area contributed by atoms with Crippen LogP contribution in [-0.2, 0) is 10.0 Å². The molecular formula is C20H32ClN3O3S. The number of rotatable bonds is 6. The van der Waals surface area contributed by atoms with E-state index in [0.29, 0.717) is 31.1 Å². The summed E-state index contributed by atoms with van der Waals surface area (Å²) in [6.07, 6.45) is 7.28. The van der Waals surface area contributed by atoms with Gasteiger partial charge in [-0.25, -0.2) is 8.42 Å². The summed E-state index contributed by atoms with van der Waals surface area (Å²) in [5.41, 5.74) is 0.410. The van der Waals surface area contributed by atoms with Crippen molar-refractivity contribution in [3.8, 4) is 0 Å². The van der Waals surface area contributed by atoms with Gasteiger partial charge in [0.15, 0.2) is 0 Å². The Bertz CT molecular complexity index is 728. The fourth-order valence-corrected chi connectivity index (χ4v) is 5.45. The molecular weight excluding hydrogens is 398 g/mol. The second kappa shape index (κ2) is 11.1. The standard InChI is InChI=1S/C20H31N3O3S.ClH/c24-20(22-12-10-17-7-6-11-21-16-17)18-8-5-9-19(15-18)27(25,26)23-13-3-1-2-4-14-23;/h5,8-9,15,17,21H,1-4,6-7,10-14,16H2,(H,22,24);1H. The Morgan fingerprint density at radius 1 is 1.14 bits per heavy atom. The van der Waals surface area contributed by atoms with Gasteiger partial charge in [-0.3, -0.25) is 4.79 Å². The maximum absolute atomic E-state index is 12.9. The van der Waals surface area contributed by atoms with Gasteiger partial charge in [-0.05, 0) is 69.3 Å². The van der Waals surface area contributed by atoms with Gasteiger partial charge >= 0.3 is 0 Å². The summed E-state index contributed by atoms with van der Waals surface area (Å²) in [5.74, 6) is 0.403. The van der Waals surface area contributed by atoms with Crippen LogP contribution in [0.3, 0.4) is 0 Å². The van der Waals surface area contributed by atoms with Crippen molar-refractivity contribution >= 4 is 28.3 Å². The molecule has 8 heteroatoms. The quantitative estimate of drug-likeness (QED) is 0.728. The van der Waals surface area contributed by atoms with E-state index in [9.17, 15) is 13.2 Å². The van der Waals surface area contributed by atoms with E-state index in [2.05, 4.69) is 10.6 Å². The lowest BCUT2D eigenvalue weighted by Crippen LogP contribution is -2.33. The molecule has 1 atom stereocenters. The van der Waals surface area contributed by atoms with E-state index >= 15 is 0 Å². The monoisotopic (exact) mass is 429 g/mol. The molecule has 1 aromatic carbocycles. The number of piperidine rings is 1. The highest BCUT2D eigenvalue weighted by Gasteiger charge is 2.25. The van der Waals surface area contributed by atoms with Crippen LogP contribution in [0.15, 0.2) is 29.2 Å². The molecule has 1 unspecified atom stereocenters. The number of amides is 1. The van der Waals surface area contributed by atoms with Crippen LogP contribution in [0.4, 0.5) is 0 Å². The molecule has 0 spiro atoms. The lowest BCUT2D eigenvalue weighted by atomic mass is 9.96. The van der Waals surface area contributed by atoms with Gasteiger partial charge in [0, 0.05) is 25.2 Å². The Morgan fingerprint density at radius 3 is 2.57 bits per heavy atom. The predicted octanol–water partition coefficient (Wildman–Crippen LogP) is 2.79. The van der Waals surface area contributed by atoms with Gasteiger partial charge in [-0.15, -0.1) is 12.4 Å². The van der Waals surface area contributed by atoms with E-state index in [-0.39, 0.29) is 23.2 Å². The Balaban J connectivity index is 0.00000280. The van der Waals surface area contributed by atoms with Crippen molar-refractivity contribution in [1.29, 1.82) is 0 Å². The molecule has 2 N–H and O–H groups in total. The highest BCUT2D eigenvalue weighted by molar-refractivity contribution is 7.89. The number of hydrogen-bond acceptors (Lipinski definition) is 4. The summed E-state index contributed by atoms with van der Waals surface area (Å²) in [6, 6.07) is 6.44. The number of sulfonamides is 1. The molecule has 0 saturated carbocycles. The first-order valence-electron chi connectivity index (χ1n) is 10.2. The number of carbonyl (C=O) groups excluding carboxylic acids is 1. The van der Waals surface area contributed by atoms with Crippen molar-refractivity contribution in [2.24, 2.45) is 5.92 Å². The fraction of sp³-hybridized carbons (Fsp3) is 0.650. The number of benzene rings is 1. The number of nitrogens with zero attached hydrogens (tertiary/aromatic N) is 1. The van der Waals surface area contributed by atoms with E-state index in [0.717, 1.165) is 45.2 Å². The molecule has 2 saturated heterocycles. The van der Waals surface area contributed by atoms with Gasteiger partial charge < -0.3 is 10.6 Å². The van der Waals surface area contributed by atoms with Crippen molar-refractivity contribution in [1.82, 2.24) is 14.9 Å². The second-order valence-electron chi connectivity index (χ2n) is 7.60. The predicted molar refractivity (Wildman–Crippen MR) is 113 cm³/mol. The van der Waals surface area contributed by atoms with Crippen LogP contribution in [0.1, 0.15) is 55.3 Å². The molecule has 2 aliphatic heterocycles. The number of hydrogen-bond donors (Lipinski definition) is 2. The first-order valence-corrected chi connectivity index (χ1v) is 11.6. The summed E-state index contributed by atoms with van der Waals surface area (Å²) < 4.78 is 27.4. The minimum atomic E-state index is -3.53. The topological polar surface area (TPSA) is 78.5 Å². The van der Waals surface area contributed by atoms with Crippen LogP contribution in [0.25, 0.3) is 0 Å². The zero-order chi connectivity index (χ0) is 19.1. The molecule has 0 bridgehead atoms. The third-order valence-electron chi connectivity index (χ3n) is 5.54. The molecule has 2 fully saturated rings. The summed E-state index contributed by atoms with van der Waals surface area (Å²) in [5, 5.41) is 6.32. The maximum atomic E-state index is 12.9. The zero-order valence-corrected chi connectivity index (χ0v) is 18.0. The number of halogens is 1. The Labute approximate surface area is 174 Å². The van der Waals surface area contributed by atoms with Crippen LogP contribution < -0.4 is 10.6 Å². The number of carbonyl (C=O) groups is 1. The van der Waals surface area contributed by atoms with E-state index in [4.69, 9.17) is 0 Å². The van der Waals surface area contributed by atoms with Gasteiger partial charge in [-0.2, -0.15) is 4.31 Å². The molecule has 0 radical (unpaired) electrons.